The summed E-state index contributed by atoms with van der Waals surface area (Å²) in [5.74, 6) is 0.343. The maximum absolute atomic E-state index is 12.6. The fourth-order valence-corrected chi connectivity index (χ4v) is 3.12. The maximum Gasteiger partial charge on any atom is 0.325 e. The van der Waals surface area contributed by atoms with Crippen LogP contribution in [0.25, 0.3) is 0 Å². The van der Waals surface area contributed by atoms with Crippen molar-refractivity contribution in [2.24, 2.45) is 11.3 Å². The highest BCUT2D eigenvalue weighted by atomic mass is 16.2. The summed E-state index contributed by atoms with van der Waals surface area (Å²) in [6.07, 6.45) is 4.42. The highest BCUT2D eigenvalue weighted by molar-refractivity contribution is 6.09. The molecule has 0 aromatic carbocycles. The Labute approximate surface area is 126 Å². The smallest absolute Gasteiger partial charge is 0.323 e. The van der Waals surface area contributed by atoms with Gasteiger partial charge in [-0.25, -0.2) is 4.79 Å². The molecule has 2 rings (SSSR count). The van der Waals surface area contributed by atoms with Gasteiger partial charge in [-0.05, 0) is 31.6 Å². The van der Waals surface area contributed by atoms with Crippen molar-refractivity contribution in [3.63, 3.8) is 0 Å². The first kappa shape index (κ1) is 16.0. The molecule has 0 radical (unpaired) electrons. The molecular formula is C16H26N2O3. The van der Waals surface area contributed by atoms with Gasteiger partial charge in [-0.15, -0.1) is 0 Å². The normalized spacial score (nSPS) is 29.9. The fourth-order valence-electron chi connectivity index (χ4n) is 3.12. The molecule has 1 spiro atoms. The van der Waals surface area contributed by atoms with Crippen molar-refractivity contribution >= 4 is 17.7 Å². The average Bonchev–Trinajstić information content (AvgIpc) is 2.63. The Morgan fingerprint density at radius 1 is 1.29 bits per heavy atom. The Morgan fingerprint density at radius 2 is 1.86 bits per heavy atom. The molecule has 1 aliphatic carbocycles. The summed E-state index contributed by atoms with van der Waals surface area (Å²) in [5.41, 5.74) is -1.29. The summed E-state index contributed by atoms with van der Waals surface area (Å²) >= 11 is 0. The summed E-state index contributed by atoms with van der Waals surface area (Å²) in [5, 5.41) is 2.86. The van der Waals surface area contributed by atoms with Crippen molar-refractivity contribution in [1.82, 2.24) is 10.2 Å². The van der Waals surface area contributed by atoms with Crippen LogP contribution in [0, 0.1) is 11.3 Å². The number of hydrogen-bond acceptors (Lipinski definition) is 3. The molecule has 21 heavy (non-hydrogen) atoms. The van der Waals surface area contributed by atoms with Crippen molar-refractivity contribution in [1.29, 1.82) is 0 Å². The molecule has 2 fully saturated rings. The summed E-state index contributed by atoms with van der Waals surface area (Å²) in [6.45, 7) is 7.45. The summed E-state index contributed by atoms with van der Waals surface area (Å²) in [4.78, 5) is 38.0. The number of nitrogens with one attached hydrogen (secondary N) is 1. The van der Waals surface area contributed by atoms with Gasteiger partial charge in [0, 0.05) is 5.41 Å². The predicted molar refractivity (Wildman–Crippen MR) is 79.7 cm³/mol. The lowest BCUT2D eigenvalue weighted by atomic mass is 9.75. The van der Waals surface area contributed by atoms with Crippen LogP contribution in [0.15, 0.2) is 0 Å². The average molecular weight is 294 g/mol. The first-order valence-corrected chi connectivity index (χ1v) is 7.87. The SMILES string of the molecule is CCC1CCC2(CC1)NC(=O)N(CC(=O)C(C)(C)C)C2=O. The highest BCUT2D eigenvalue weighted by Gasteiger charge is 2.52. The third-order valence-corrected chi connectivity index (χ3v) is 4.92. The van der Waals surface area contributed by atoms with E-state index >= 15 is 0 Å². The summed E-state index contributed by atoms with van der Waals surface area (Å²) < 4.78 is 0. The maximum atomic E-state index is 12.6. The lowest BCUT2D eigenvalue weighted by molar-refractivity contribution is -0.137. The van der Waals surface area contributed by atoms with Gasteiger partial charge in [-0.3, -0.25) is 14.5 Å². The predicted octanol–water partition coefficient (Wildman–Crippen LogP) is 2.49. The molecule has 1 aliphatic heterocycles. The molecule has 118 valence electrons. The molecule has 0 atom stereocenters. The van der Waals surface area contributed by atoms with Crippen LogP contribution in [0.4, 0.5) is 4.79 Å². The van der Waals surface area contributed by atoms with Gasteiger partial charge in [-0.2, -0.15) is 0 Å². The molecule has 0 unspecified atom stereocenters. The first-order valence-electron chi connectivity index (χ1n) is 7.87. The lowest BCUT2D eigenvalue weighted by Gasteiger charge is -2.34. The van der Waals surface area contributed by atoms with Gasteiger partial charge in [0.15, 0.2) is 5.78 Å². The van der Waals surface area contributed by atoms with E-state index < -0.39 is 17.0 Å². The standard InChI is InChI=1S/C16H26N2O3/c1-5-11-6-8-16(9-7-11)13(20)18(14(21)17-16)10-12(19)15(2,3)4/h11H,5-10H2,1-4H3,(H,17,21). The minimum atomic E-state index is -0.749. The van der Waals surface area contributed by atoms with E-state index in [4.69, 9.17) is 0 Å². The number of ketones is 1. The molecule has 0 bridgehead atoms. The number of carbonyl (C=O) groups excluding carboxylic acids is 3. The fraction of sp³-hybridized carbons (Fsp3) is 0.812. The third kappa shape index (κ3) is 2.97. The topological polar surface area (TPSA) is 66.5 Å². The van der Waals surface area contributed by atoms with Crippen LogP contribution in [0.1, 0.15) is 59.8 Å². The summed E-state index contributed by atoms with van der Waals surface area (Å²) in [6, 6.07) is -0.410. The second-order valence-corrected chi connectivity index (χ2v) is 7.43. The minimum Gasteiger partial charge on any atom is -0.323 e. The van der Waals surface area contributed by atoms with E-state index in [2.05, 4.69) is 12.2 Å². The third-order valence-electron chi connectivity index (χ3n) is 4.92. The number of Topliss-reactive ketones (excluding diaryl/α,β-unsaturated/α-hetero) is 1. The Morgan fingerprint density at radius 3 is 2.33 bits per heavy atom. The quantitative estimate of drug-likeness (QED) is 0.813. The number of nitrogens with zero attached hydrogens (tertiary/aromatic N) is 1. The van der Waals surface area contributed by atoms with E-state index in [0.29, 0.717) is 18.8 Å². The van der Waals surface area contributed by atoms with Crippen LogP contribution in [-0.4, -0.2) is 34.7 Å². The number of amides is 3. The monoisotopic (exact) mass is 294 g/mol. The van der Waals surface area contributed by atoms with Crippen molar-refractivity contribution in [3.05, 3.63) is 0 Å². The van der Waals surface area contributed by atoms with Crippen LogP contribution in [0.5, 0.6) is 0 Å². The van der Waals surface area contributed by atoms with Crippen LogP contribution in [0.3, 0.4) is 0 Å². The minimum absolute atomic E-state index is 0.0923. The number of urea groups is 1. The zero-order chi connectivity index (χ0) is 15.8. The van der Waals surface area contributed by atoms with Crippen molar-refractivity contribution in [3.8, 4) is 0 Å². The number of imide groups is 1. The first-order chi connectivity index (χ1) is 9.69. The van der Waals surface area contributed by atoms with Crippen LogP contribution in [-0.2, 0) is 9.59 Å². The zero-order valence-electron chi connectivity index (χ0n) is 13.5. The van der Waals surface area contributed by atoms with Gasteiger partial charge in [0.1, 0.15) is 5.54 Å². The Kier molecular flexibility index (Phi) is 4.13. The number of rotatable bonds is 3. The molecule has 1 saturated carbocycles. The Balaban J connectivity index is 2.09. The molecule has 1 N–H and O–H groups in total. The largest absolute Gasteiger partial charge is 0.325 e. The van der Waals surface area contributed by atoms with Gasteiger partial charge in [0.25, 0.3) is 5.91 Å². The summed E-state index contributed by atoms with van der Waals surface area (Å²) in [7, 11) is 0. The van der Waals surface area contributed by atoms with Crippen molar-refractivity contribution in [2.45, 2.75) is 65.3 Å². The van der Waals surface area contributed by atoms with E-state index in [0.717, 1.165) is 24.2 Å². The van der Waals surface area contributed by atoms with Gasteiger partial charge in [0.05, 0.1) is 6.54 Å². The molecule has 5 heteroatoms. The Bertz CT molecular complexity index is 457. The van der Waals surface area contributed by atoms with E-state index in [1.54, 1.807) is 20.8 Å². The second kappa shape index (κ2) is 5.43. The molecular weight excluding hydrogens is 268 g/mol. The molecule has 0 aromatic rings. The molecule has 2 aliphatic rings. The van der Waals surface area contributed by atoms with Gasteiger partial charge < -0.3 is 5.32 Å². The van der Waals surface area contributed by atoms with Gasteiger partial charge >= 0.3 is 6.03 Å². The lowest BCUT2D eigenvalue weighted by Crippen LogP contribution is -2.50. The van der Waals surface area contributed by atoms with Crippen LogP contribution < -0.4 is 5.32 Å². The molecule has 5 nitrogen and oxygen atoms in total. The van der Waals surface area contributed by atoms with E-state index in [-0.39, 0.29) is 18.2 Å². The number of hydrogen-bond donors (Lipinski definition) is 1. The van der Waals surface area contributed by atoms with Crippen molar-refractivity contribution < 1.29 is 14.4 Å². The zero-order valence-corrected chi connectivity index (χ0v) is 13.5. The molecule has 3 amide bonds. The number of carbonyl (C=O) groups is 3. The van der Waals surface area contributed by atoms with Crippen molar-refractivity contribution in [2.75, 3.05) is 6.54 Å². The van der Waals surface area contributed by atoms with Gasteiger partial charge in [0.2, 0.25) is 0 Å². The van der Waals surface area contributed by atoms with E-state index in [1.165, 1.54) is 0 Å². The van der Waals surface area contributed by atoms with Crippen LogP contribution in [0.2, 0.25) is 0 Å². The van der Waals surface area contributed by atoms with E-state index in [1.807, 2.05) is 0 Å². The van der Waals surface area contributed by atoms with Gasteiger partial charge in [-0.1, -0.05) is 34.1 Å². The Hall–Kier alpha value is -1.39. The van der Waals surface area contributed by atoms with Crippen LogP contribution >= 0.6 is 0 Å². The molecule has 1 heterocycles. The molecule has 1 saturated heterocycles. The van der Waals surface area contributed by atoms with E-state index in [9.17, 15) is 14.4 Å². The second-order valence-electron chi connectivity index (χ2n) is 7.43. The highest BCUT2D eigenvalue weighted by Crippen LogP contribution is 2.37. The molecule has 0 aromatic heterocycles.